The van der Waals surface area contributed by atoms with Gasteiger partial charge in [-0.3, -0.25) is 0 Å². The molecular formula is C15H12N2O. The van der Waals surface area contributed by atoms with Crippen LogP contribution >= 0.6 is 0 Å². The van der Waals surface area contributed by atoms with Gasteiger partial charge in [0, 0.05) is 23.5 Å². The van der Waals surface area contributed by atoms with Gasteiger partial charge in [-0.2, -0.15) is 0 Å². The van der Waals surface area contributed by atoms with E-state index in [4.69, 9.17) is 5.11 Å². The highest BCUT2D eigenvalue weighted by Gasteiger charge is 2.02. The zero-order chi connectivity index (χ0) is 12.4. The molecule has 1 aromatic heterocycles. The number of rotatable bonds is 2. The largest absolute Gasteiger partial charge is 0.392 e. The Kier molecular flexibility index (Phi) is 2.74. The molecule has 0 radical (unpaired) electrons. The van der Waals surface area contributed by atoms with Crippen molar-refractivity contribution in [1.29, 1.82) is 0 Å². The number of hydrogen-bond donors (Lipinski definition) is 1. The van der Waals surface area contributed by atoms with Crippen molar-refractivity contribution >= 4 is 10.8 Å². The van der Waals surface area contributed by atoms with Crippen LogP contribution in [0.2, 0.25) is 0 Å². The molecule has 0 aliphatic carbocycles. The Bertz CT molecular complexity index is 677. The van der Waals surface area contributed by atoms with Crippen molar-refractivity contribution in [1.82, 2.24) is 9.97 Å². The SMILES string of the molecule is OCc1cnc(-c2ccc3ccccc3c2)nc1. The summed E-state index contributed by atoms with van der Waals surface area (Å²) in [5.41, 5.74) is 1.71. The monoisotopic (exact) mass is 236 g/mol. The molecule has 0 amide bonds. The molecule has 0 bridgehead atoms. The van der Waals surface area contributed by atoms with Gasteiger partial charge in [-0.05, 0) is 16.8 Å². The molecule has 0 saturated carbocycles. The molecule has 3 heteroatoms. The number of aliphatic hydroxyl groups is 1. The molecule has 1 N–H and O–H groups in total. The summed E-state index contributed by atoms with van der Waals surface area (Å²) in [7, 11) is 0. The highest BCUT2D eigenvalue weighted by Crippen LogP contribution is 2.21. The Labute approximate surface area is 105 Å². The summed E-state index contributed by atoms with van der Waals surface area (Å²) in [5.74, 6) is 0.679. The molecular weight excluding hydrogens is 224 g/mol. The first-order valence-electron chi connectivity index (χ1n) is 5.78. The van der Waals surface area contributed by atoms with E-state index in [-0.39, 0.29) is 6.61 Å². The van der Waals surface area contributed by atoms with Crippen molar-refractivity contribution in [2.45, 2.75) is 6.61 Å². The number of benzene rings is 2. The third kappa shape index (κ3) is 1.96. The second-order valence-corrected chi connectivity index (χ2v) is 4.13. The van der Waals surface area contributed by atoms with E-state index < -0.39 is 0 Å². The third-order valence-corrected chi connectivity index (χ3v) is 2.90. The van der Waals surface area contributed by atoms with E-state index in [2.05, 4.69) is 34.2 Å². The normalized spacial score (nSPS) is 10.7. The lowest BCUT2D eigenvalue weighted by Gasteiger charge is -2.03. The minimum Gasteiger partial charge on any atom is -0.392 e. The molecule has 3 aromatic rings. The third-order valence-electron chi connectivity index (χ3n) is 2.90. The predicted octanol–water partition coefficient (Wildman–Crippen LogP) is 2.79. The minimum atomic E-state index is -0.0298. The first-order valence-corrected chi connectivity index (χ1v) is 5.78. The zero-order valence-corrected chi connectivity index (χ0v) is 9.74. The summed E-state index contributed by atoms with van der Waals surface area (Å²) < 4.78 is 0. The molecule has 0 unspecified atom stereocenters. The fraction of sp³-hybridized carbons (Fsp3) is 0.0667. The highest BCUT2D eigenvalue weighted by atomic mass is 16.3. The lowest BCUT2D eigenvalue weighted by molar-refractivity contribution is 0.281. The van der Waals surface area contributed by atoms with Crippen molar-refractivity contribution in [3.63, 3.8) is 0 Å². The molecule has 3 nitrogen and oxygen atoms in total. The highest BCUT2D eigenvalue weighted by molar-refractivity contribution is 5.86. The maximum atomic E-state index is 8.96. The number of aliphatic hydroxyl groups excluding tert-OH is 1. The van der Waals surface area contributed by atoms with Gasteiger partial charge in [-0.1, -0.05) is 36.4 Å². The van der Waals surface area contributed by atoms with Crippen LogP contribution < -0.4 is 0 Å². The van der Waals surface area contributed by atoms with E-state index in [9.17, 15) is 0 Å². The second kappa shape index (κ2) is 4.55. The van der Waals surface area contributed by atoms with Crippen LogP contribution in [0.4, 0.5) is 0 Å². The Morgan fingerprint density at radius 1 is 0.889 bits per heavy atom. The van der Waals surface area contributed by atoms with E-state index >= 15 is 0 Å². The zero-order valence-electron chi connectivity index (χ0n) is 9.74. The van der Waals surface area contributed by atoms with Crippen LogP contribution in [-0.2, 0) is 6.61 Å². The quantitative estimate of drug-likeness (QED) is 0.744. The van der Waals surface area contributed by atoms with E-state index in [0.29, 0.717) is 5.82 Å². The second-order valence-electron chi connectivity index (χ2n) is 4.13. The first kappa shape index (κ1) is 10.9. The van der Waals surface area contributed by atoms with E-state index in [1.54, 1.807) is 12.4 Å². The molecule has 0 spiro atoms. The topological polar surface area (TPSA) is 46.0 Å². The number of hydrogen-bond acceptors (Lipinski definition) is 3. The van der Waals surface area contributed by atoms with Gasteiger partial charge in [0.2, 0.25) is 0 Å². The lowest BCUT2D eigenvalue weighted by atomic mass is 10.1. The summed E-state index contributed by atoms with van der Waals surface area (Å²) in [6.07, 6.45) is 3.30. The summed E-state index contributed by atoms with van der Waals surface area (Å²) in [4.78, 5) is 8.51. The van der Waals surface area contributed by atoms with Crippen LogP contribution in [0, 0.1) is 0 Å². The van der Waals surface area contributed by atoms with Gasteiger partial charge >= 0.3 is 0 Å². The fourth-order valence-corrected chi connectivity index (χ4v) is 1.91. The molecule has 0 atom stereocenters. The molecule has 0 aliphatic rings. The average molecular weight is 236 g/mol. The number of aromatic nitrogens is 2. The van der Waals surface area contributed by atoms with Crippen LogP contribution in [0.3, 0.4) is 0 Å². The molecule has 1 heterocycles. The molecule has 2 aromatic carbocycles. The van der Waals surface area contributed by atoms with E-state index in [1.165, 1.54) is 10.8 Å². The van der Waals surface area contributed by atoms with Crippen LogP contribution in [0.15, 0.2) is 54.9 Å². The van der Waals surface area contributed by atoms with Crippen molar-refractivity contribution in [3.8, 4) is 11.4 Å². The van der Waals surface area contributed by atoms with Gasteiger partial charge in [0.1, 0.15) is 0 Å². The number of nitrogens with zero attached hydrogens (tertiary/aromatic N) is 2. The smallest absolute Gasteiger partial charge is 0.159 e. The van der Waals surface area contributed by atoms with Gasteiger partial charge in [-0.15, -0.1) is 0 Å². The Balaban J connectivity index is 2.07. The maximum absolute atomic E-state index is 8.96. The van der Waals surface area contributed by atoms with Crippen molar-refractivity contribution in [2.75, 3.05) is 0 Å². The van der Waals surface area contributed by atoms with E-state index in [1.807, 2.05) is 18.2 Å². The van der Waals surface area contributed by atoms with Crippen LogP contribution in [0.5, 0.6) is 0 Å². The van der Waals surface area contributed by atoms with Crippen LogP contribution in [-0.4, -0.2) is 15.1 Å². The summed E-state index contributed by atoms with van der Waals surface area (Å²) >= 11 is 0. The van der Waals surface area contributed by atoms with E-state index in [0.717, 1.165) is 11.1 Å². The van der Waals surface area contributed by atoms with Gasteiger partial charge < -0.3 is 5.11 Å². The van der Waals surface area contributed by atoms with Crippen molar-refractivity contribution in [3.05, 3.63) is 60.4 Å². The molecule has 0 aliphatic heterocycles. The van der Waals surface area contributed by atoms with Crippen LogP contribution in [0.1, 0.15) is 5.56 Å². The Morgan fingerprint density at radius 3 is 2.33 bits per heavy atom. The van der Waals surface area contributed by atoms with Crippen molar-refractivity contribution in [2.24, 2.45) is 0 Å². The summed E-state index contributed by atoms with van der Waals surface area (Å²) in [6, 6.07) is 14.3. The number of fused-ring (bicyclic) bond motifs is 1. The Hall–Kier alpha value is -2.26. The van der Waals surface area contributed by atoms with Gasteiger partial charge in [0.05, 0.1) is 6.61 Å². The molecule has 0 fully saturated rings. The van der Waals surface area contributed by atoms with Gasteiger partial charge in [0.15, 0.2) is 5.82 Å². The predicted molar refractivity (Wildman–Crippen MR) is 70.9 cm³/mol. The lowest BCUT2D eigenvalue weighted by Crippen LogP contribution is -1.92. The molecule has 0 saturated heterocycles. The molecule has 88 valence electrons. The standard InChI is InChI=1S/C15H12N2O/c18-10-11-8-16-15(17-9-11)14-6-5-12-3-1-2-4-13(12)7-14/h1-9,18H,10H2. The molecule has 18 heavy (non-hydrogen) atoms. The van der Waals surface area contributed by atoms with Crippen LogP contribution in [0.25, 0.3) is 22.2 Å². The van der Waals surface area contributed by atoms with Gasteiger partial charge in [-0.25, -0.2) is 9.97 Å². The van der Waals surface area contributed by atoms with Gasteiger partial charge in [0.25, 0.3) is 0 Å². The maximum Gasteiger partial charge on any atom is 0.159 e. The fourth-order valence-electron chi connectivity index (χ4n) is 1.91. The first-order chi connectivity index (χ1) is 8.86. The molecule has 3 rings (SSSR count). The average Bonchev–Trinajstić information content (AvgIpc) is 2.47. The van der Waals surface area contributed by atoms with Crippen molar-refractivity contribution < 1.29 is 5.11 Å². The Morgan fingerprint density at radius 2 is 1.61 bits per heavy atom. The summed E-state index contributed by atoms with van der Waals surface area (Å²) in [6.45, 7) is -0.0298. The summed E-state index contributed by atoms with van der Waals surface area (Å²) in [5, 5.41) is 11.3. The minimum absolute atomic E-state index is 0.0298.